The third kappa shape index (κ3) is 4.67. The number of nitrogens with two attached hydrogens (primary N) is 1. The van der Waals surface area contributed by atoms with E-state index in [2.05, 4.69) is 10.3 Å². The number of thiazole rings is 1. The van der Waals surface area contributed by atoms with Crippen molar-refractivity contribution in [3.05, 3.63) is 16.1 Å². The van der Waals surface area contributed by atoms with Gasteiger partial charge in [0.1, 0.15) is 4.88 Å². The van der Waals surface area contributed by atoms with Crippen LogP contribution in [0.15, 0.2) is 6.20 Å². The van der Waals surface area contributed by atoms with Gasteiger partial charge in [-0.15, -0.1) is 11.3 Å². The number of unbranched alkanes of at least 4 members (excludes halogenated alkanes) is 1. The molecule has 1 heterocycles. The Balaban J connectivity index is 2.18. The second kappa shape index (κ2) is 6.55. The second-order valence-electron chi connectivity index (χ2n) is 3.42. The number of rotatable bonds is 6. The number of thiocarbonyl (C=S) groups is 1. The Bertz CT molecular complexity index is 376. The SMILES string of the molecule is Cc1ncc(C(=O)NCCCCC(N)=S)s1. The molecule has 1 amide bonds. The zero-order valence-electron chi connectivity index (χ0n) is 9.16. The van der Waals surface area contributed by atoms with E-state index < -0.39 is 0 Å². The Morgan fingerprint density at radius 3 is 2.94 bits per heavy atom. The molecule has 1 rings (SSSR count). The molecule has 3 N–H and O–H groups in total. The summed E-state index contributed by atoms with van der Waals surface area (Å²) in [6.45, 7) is 2.53. The molecule has 0 saturated heterocycles. The van der Waals surface area contributed by atoms with Gasteiger partial charge in [0.25, 0.3) is 5.91 Å². The van der Waals surface area contributed by atoms with Crippen LogP contribution >= 0.6 is 23.6 Å². The fraction of sp³-hybridized carbons (Fsp3) is 0.500. The molecule has 16 heavy (non-hydrogen) atoms. The van der Waals surface area contributed by atoms with Gasteiger partial charge < -0.3 is 11.1 Å². The van der Waals surface area contributed by atoms with E-state index in [0.29, 0.717) is 16.4 Å². The van der Waals surface area contributed by atoms with E-state index in [1.165, 1.54) is 11.3 Å². The fourth-order valence-corrected chi connectivity index (χ4v) is 2.02. The Morgan fingerprint density at radius 2 is 2.38 bits per heavy atom. The zero-order chi connectivity index (χ0) is 12.0. The van der Waals surface area contributed by atoms with Crippen LogP contribution in [0.4, 0.5) is 0 Å². The van der Waals surface area contributed by atoms with E-state index in [1.54, 1.807) is 6.20 Å². The number of nitrogens with one attached hydrogen (secondary N) is 1. The summed E-state index contributed by atoms with van der Waals surface area (Å²) in [5.41, 5.74) is 5.37. The lowest BCUT2D eigenvalue weighted by molar-refractivity contribution is 0.0957. The van der Waals surface area contributed by atoms with Crippen molar-refractivity contribution < 1.29 is 4.79 Å². The van der Waals surface area contributed by atoms with Crippen molar-refractivity contribution in [2.75, 3.05) is 6.54 Å². The minimum atomic E-state index is -0.0547. The third-order valence-electron chi connectivity index (χ3n) is 1.98. The number of nitrogens with zero attached hydrogens (tertiary/aromatic N) is 1. The first-order valence-electron chi connectivity index (χ1n) is 5.08. The molecule has 1 aromatic rings. The highest BCUT2D eigenvalue weighted by molar-refractivity contribution is 7.80. The molecule has 0 aliphatic rings. The molecule has 0 fully saturated rings. The van der Waals surface area contributed by atoms with Gasteiger partial charge in [0.15, 0.2) is 0 Å². The number of carbonyl (C=O) groups is 1. The van der Waals surface area contributed by atoms with Gasteiger partial charge in [-0.1, -0.05) is 12.2 Å². The van der Waals surface area contributed by atoms with Crippen LogP contribution in [0.3, 0.4) is 0 Å². The first-order chi connectivity index (χ1) is 7.59. The average Bonchev–Trinajstić information content (AvgIpc) is 2.63. The van der Waals surface area contributed by atoms with Crippen LogP contribution in [0.1, 0.15) is 33.9 Å². The maximum absolute atomic E-state index is 11.6. The van der Waals surface area contributed by atoms with E-state index in [4.69, 9.17) is 18.0 Å². The fourth-order valence-electron chi connectivity index (χ4n) is 1.18. The van der Waals surface area contributed by atoms with Gasteiger partial charge in [-0.25, -0.2) is 4.98 Å². The van der Waals surface area contributed by atoms with Crippen LogP contribution < -0.4 is 11.1 Å². The van der Waals surface area contributed by atoms with E-state index in [9.17, 15) is 4.79 Å². The average molecular weight is 257 g/mol. The minimum Gasteiger partial charge on any atom is -0.393 e. The van der Waals surface area contributed by atoms with Crippen LogP contribution in [0.5, 0.6) is 0 Å². The van der Waals surface area contributed by atoms with Crippen molar-refractivity contribution in [1.29, 1.82) is 0 Å². The third-order valence-corrected chi connectivity index (χ3v) is 3.10. The van der Waals surface area contributed by atoms with Crippen molar-refractivity contribution >= 4 is 34.5 Å². The normalized spacial score (nSPS) is 10.1. The van der Waals surface area contributed by atoms with E-state index in [0.717, 1.165) is 24.3 Å². The highest BCUT2D eigenvalue weighted by Crippen LogP contribution is 2.10. The summed E-state index contributed by atoms with van der Waals surface area (Å²) in [4.78, 5) is 16.8. The Hall–Kier alpha value is -1.01. The molecule has 0 radical (unpaired) electrons. The standard InChI is InChI=1S/C10H15N3OS2/c1-7-13-6-8(16-7)10(14)12-5-3-2-4-9(11)15/h6H,2-5H2,1H3,(H2,11,15)(H,12,14). The molecule has 0 aliphatic carbocycles. The van der Waals surface area contributed by atoms with Crippen molar-refractivity contribution in [1.82, 2.24) is 10.3 Å². The summed E-state index contributed by atoms with van der Waals surface area (Å²) >= 11 is 6.16. The van der Waals surface area contributed by atoms with Crippen LogP contribution in [-0.2, 0) is 0 Å². The summed E-state index contributed by atoms with van der Waals surface area (Å²) in [7, 11) is 0. The molecule has 0 saturated carbocycles. The van der Waals surface area contributed by atoms with Gasteiger partial charge in [-0.3, -0.25) is 4.79 Å². The molecule has 1 aromatic heterocycles. The predicted molar refractivity (Wildman–Crippen MR) is 69.8 cm³/mol. The van der Waals surface area contributed by atoms with Gasteiger partial charge in [0.05, 0.1) is 16.2 Å². The minimum absolute atomic E-state index is 0.0547. The van der Waals surface area contributed by atoms with Gasteiger partial charge in [-0.2, -0.15) is 0 Å². The van der Waals surface area contributed by atoms with Crippen molar-refractivity contribution in [2.24, 2.45) is 5.73 Å². The Labute approximate surface area is 104 Å². The summed E-state index contributed by atoms with van der Waals surface area (Å²) in [6, 6.07) is 0. The van der Waals surface area contributed by atoms with Crippen molar-refractivity contribution in [3.63, 3.8) is 0 Å². The first-order valence-corrected chi connectivity index (χ1v) is 6.31. The highest BCUT2D eigenvalue weighted by Gasteiger charge is 2.07. The number of carbonyl (C=O) groups excluding carboxylic acids is 1. The predicted octanol–water partition coefficient (Wildman–Crippen LogP) is 1.64. The maximum Gasteiger partial charge on any atom is 0.263 e. The van der Waals surface area contributed by atoms with Gasteiger partial charge in [0, 0.05) is 6.54 Å². The number of aryl methyl sites for hydroxylation is 1. The number of hydrogen-bond acceptors (Lipinski definition) is 4. The monoisotopic (exact) mass is 257 g/mol. The quantitative estimate of drug-likeness (QED) is 0.600. The molecule has 0 spiro atoms. The second-order valence-corrected chi connectivity index (χ2v) is 5.18. The van der Waals surface area contributed by atoms with E-state index in [1.807, 2.05) is 6.92 Å². The summed E-state index contributed by atoms with van der Waals surface area (Å²) in [5, 5.41) is 3.73. The number of aromatic nitrogens is 1. The Morgan fingerprint density at radius 1 is 1.62 bits per heavy atom. The van der Waals surface area contributed by atoms with Crippen molar-refractivity contribution in [2.45, 2.75) is 26.2 Å². The largest absolute Gasteiger partial charge is 0.393 e. The van der Waals surface area contributed by atoms with Crippen molar-refractivity contribution in [3.8, 4) is 0 Å². The number of amides is 1. The van der Waals surface area contributed by atoms with E-state index in [-0.39, 0.29) is 5.91 Å². The van der Waals surface area contributed by atoms with Gasteiger partial charge >= 0.3 is 0 Å². The highest BCUT2D eigenvalue weighted by atomic mass is 32.1. The number of hydrogen-bond donors (Lipinski definition) is 2. The van der Waals surface area contributed by atoms with E-state index >= 15 is 0 Å². The van der Waals surface area contributed by atoms with Crippen LogP contribution in [0.25, 0.3) is 0 Å². The maximum atomic E-state index is 11.6. The lowest BCUT2D eigenvalue weighted by atomic mass is 10.2. The molecule has 0 aliphatic heterocycles. The molecular formula is C10H15N3OS2. The Kier molecular flexibility index (Phi) is 5.34. The molecular weight excluding hydrogens is 242 g/mol. The molecule has 4 nitrogen and oxygen atoms in total. The summed E-state index contributed by atoms with van der Waals surface area (Å²) in [6.07, 6.45) is 4.15. The first kappa shape index (κ1) is 13.1. The molecule has 0 atom stereocenters. The lowest BCUT2D eigenvalue weighted by Gasteiger charge is -2.02. The topological polar surface area (TPSA) is 68.0 Å². The van der Waals surface area contributed by atoms with Crippen LogP contribution in [0.2, 0.25) is 0 Å². The van der Waals surface area contributed by atoms with Crippen LogP contribution in [-0.4, -0.2) is 22.4 Å². The molecule has 88 valence electrons. The lowest BCUT2D eigenvalue weighted by Crippen LogP contribution is -2.23. The summed E-state index contributed by atoms with van der Waals surface area (Å²) in [5.74, 6) is -0.0547. The summed E-state index contributed by atoms with van der Waals surface area (Å²) < 4.78 is 0. The van der Waals surface area contributed by atoms with Gasteiger partial charge in [0.2, 0.25) is 0 Å². The van der Waals surface area contributed by atoms with Crippen LogP contribution in [0, 0.1) is 6.92 Å². The smallest absolute Gasteiger partial charge is 0.263 e. The van der Waals surface area contributed by atoms with Gasteiger partial charge in [-0.05, 0) is 26.2 Å². The molecule has 6 heteroatoms. The molecule has 0 unspecified atom stereocenters. The molecule has 0 aromatic carbocycles. The molecule has 0 bridgehead atoms. The zero-order valence-corrected chi connectivity index (χ0v) is 10.8.